The predicted molar refractivity (Wildman–Crippen MR) is 159 cm³/mol. The molecule has 0 bridgehead atoms. The molecule has 2 aromatic carbocycles. The summed E-state index contributed by atoms with van der Waals surface area (Å²) in [6, 6.07) is 14.3. The Kier molecular flexibility index (Phi) is 7.73. The minimum absolute atomic E-state index is 0.0422. The number of hydrogen-bond donors (Lipinski definition) is 0. The molecule has 1 aliphatic carbocycles. The van der Waals surface area contributed by atoms with Gasteiger partial charge in [0, 0.05) is 48.9 Å². The van der Waals surface area contributed by atoms with E-state index in [0.29, 0.717) is 49.7 Å². The number of halogens is 2. The van der Waals surface area contributed by atoms with Crippen LogP contribution in [0.15, 0.2) is 72.3 Å². The molecule has 0 N–H and O–H groups in total. The first-order chi connectivity index (χ1) is 20.2. The minimum atomic E-state index is -0.624. The highest BCUT2D eigenvalue weighted by molar-refractivity contribution is 5.75. The Labute approximate surface area is 245 Å². The average molecular weight is 573 g/mol. The van der Waals surface area contributed by atoms with Gasteiger partial charge in [-0.05, 0) is 61.1 Å². The molecule has 2 aliphatic heterocycles. The minimum Gasteiger partial charge on any atom is -0.324 e. The molecule has 42 heavy (non-hydrogen) atoms. The lowest BCUT2D eigenvalue weighted by atomic mass is 9.68. The maximum Gasteiger partial charge on any atom is 0.320 e. The van der Waals surface area contributed by atoms with Crippen LogP contribution in [0.4, 0.5) is 13.6 Å². The van der Waals surface area contributed by atoms with Crippen LogP contribution in [-0.2, 0) is 0 Å². The molecule has 3 aliphatic rings. The van der Waals surface area contributed by atoms with Gasteiger partial charge in [0.1, 0.15) is 18.0 Å². The van der Waals surface area contributed by atoms with Gasteiger partial charge in [0.2, 0.25) is 0 Å². The van der Waals surface area contributed by atoms with E-state index >= 15 is 0 Å². The molecule has 0 unspecified atom stereocenters. The maximum atomic E-state index is 14.2. The van der Waals surface area contributed by atoms with Crippen LogP contribution in [0.3, 0.4) is 0 Å². The Bertz CT molecular complexity index is 1510. The molecular weight excluding hydrogens is 534 g/mol. The van der Waals surface area contributed by atoms with Crippen LogP contribution in [0, 0.1) is 28.9 Å². The summed E-state index contributed by atoms with van der Waals surface area (Å²) >= 11 is 0. The summed E-state index contributed by atoms with van der Waals surface area (Å²) in [6.07, 6.45) is 7.86. The molecule has 0 radical (unpaired) electrons. The lowest BCUT2D eigenvalue weighted by Gasteiger charge is -2.49. The quantitative estimate of drug-likeness (QED) is 0.334. The van der Waals surface area contributed by atoms with Crippen molar-refractivity contribution in [3.8, 4) is 11.3 Å². The summed E-state index contributed by atoms with van der Waals surface area (Å²) in [5.41, 5.74) is 2.43. The third-order valence-corrected chi connectivity index (χ3v) is 9.77. The second kappa shape index (κ2) is 11.5. The van der Waals surface area contributed by atoms with Crippen molar-refractivity contribution in [3.05, 3.63) is 95.1 Å². The fraction of sp³-hybridized carbons (Fsp3) is 0.441. The number of hydrogen-bond acceptors (Lipinski definition) is 3. The van der Waals surface area contributed by atoms with Crippen molar-refractivity contribution in [1.82, 2.24) is 19.4 Å². The maximum absolute atomic E-state index is 14.2. The topological polar surface area (TPSA) is 58.4 Å². The summed E-state index contributed by atoms with van der Waals surface area (Å²) in [7, 11) is 0. The van der Waals surface area contributed by atoms with Gasteiger partial charge in [0.25, 0.3) is 5.56 Å². The van der Waals surface area contributed by atoms with E-state index in [2.05, 4.69) is 18.5 Å². The normalized spacial score (nSPS) is 23.7. The van der Waals surface area contributed by atoms with Crippen molar-refractivity contribution >= 4 is 11.7 Å². The van der Waals surface area contributed by atoms with Crippen LogP contribution in [0.25, 0.3) is 17.0 Å². The Morgan fingerprint density at radius 1 is 1.00 bits per heavy atom. The van der Waals surface area contributed by atoms with Gasteiger partial charge in [-0.1, -0.05) is 56.7 Å². The predicted octanol–water partition coefficient (Wildman–Crippen LogP) is 7.13. The van der Waals surface area contributed by atoms with Crippen LogP contribution < -0.4 is 5.56 Å². The molecule has 220 valence electrons. The summed E-state index contributed by atoms with van der Waals surface area (Å²) in [6.45, 7) is 8.19. The molecule has 3 fully saturated rings. The molecule has 3 heterocycles. The molecular formula is C34H38F2N4O2. The van der Waals surface area contributed by atoms with Crippen molar-refractivity contribution in [2.45, 2.75) is 57.9 Å². The van der Waals surface area contributed by atoms with Crippen molar-refractivity contribution in [3.63, 3.8) is 0 Å². The number of aromatic nitrogens is 2. The first kappa shape index (κ1) is 28.3. The van der Waals surface area contributed by atoms with Crippen molar-refractivity contribution in [2.24, 2.45) is 17.3 Å². The number of amides is 2. The number of piperidine rings is 2. The molecule has 1 saturated carbocycles. The number of rotatable bonds is 4. The zero-order valence-corrected chi connectivity index (χ0v) is 24.1. The second-order valence-electron chi connectivity index (χ2n) is 12.5. The summed E-state index contributed by atoms with van der Waals surface area (Å²) < 4.78 is 29.9. The van der Waals surface area contributed by atoms with Gasteiger partial charge >= 0.3 is 6.03 Å². The van der Waals surface area contributed by atoms with E-state index in [4.69, 9.17) is 0 Å². The van der Waals surface area contributed by atoms with Crippen LogP contribution in [0.2, 0.25) is 0 Å². The van der Waals surface area contributed by atoms with Crippen LogP contribution >= 0.6 is 0 Å². The highest BCUT2D eigenvalue weighted by atomic mass is 19.1. The van der Waals surface area contributed by atoms with E-state index < -0.39 is 11.6 Å². The van der Waals surface area contributed by atoms with Gasteiger partial charge in [-0.15, -0.1) is 0 Å². The first-order valence-corrected chi connectivity index (χ1v) is 15.1. The van der Waals surface area contributed by atoms with Gasteiger partial charge in [0.15, 0.2) is 0 Å². The van der Waals surface area contributed by atoms with Crippen molar-refractivity contribution in [2.75, 3.05) is 19.6 Å². The lowest BCUT2D eigenvalue weighted by molar-refractivity contribution is 0.0438. The average Bonchev–Trinajstić information content (AvgIpc) is 3.44. The third kappa shape index (κ3) is 5.39. The van der Waals surface area contributed by atoms with E-state index in [1.165, 1.54) is 12.1 Å². The number of carbonyl (C=O) groups excluding carboxylic acids is 1. The number of nitrogens with zero attached hydrogens (tertiary/aromatic N) is 4. The van der Waals surface area contributed by atoms with Gasteiger partial charge in [-0.25, -0.2) is 18.6 Å². The number of benzene rings is 2. The molecule has 1 spiro atoms. The Morgan fingerprint density at radius 3 is 2.40 bits per heavy atom. The van der Waals surface area contributed by atoms with Crippen molar-refractivity contribution in [1.29, 1.82) is 0 Å². The fourth-order valence-corrected chi connectivity index (χ4v) is 7.62. The zero-order valence-electron chi connectivity index (χ0n) is 24.1. The Balaban J connectivity index is 1.24. The summed E-state index contributed by atoms with van der Waals surface area (Å²) in [5.74, 6) is -0.857. The largest absolute Gasteiger partial charge is 0.324 e. The molecule has 6 rings (SSSR count). The number of allylic oxidation sites excluding steroid dienone is 1. The zero-order chi connectivity index (χ0) is 29.4. The highest BCUT2D eigenvalue weighted by Crippen LogP contribution is 2.52. The first-order valence-electron chi connectivity index (χ1n) is 15.1. The third-order valence-electron chi connectivity index (χ3n) is 9.77. The van der Waals surface area contributed by atoms with Gasteiger partial charge in [-0.2, -0.15) is 0 Å². The van der Waals surface area contributed by atoms with E-state index in [1.807, 2.05) is 40.1 Å². The summed E-state index contributed by atoms with van der Waals surface area (Å²) in [4.78, 5) is 35.7. The monoisotopic (exact) mass is 572 g/mol. The van der Waals surface area contributed by atoms with Gasteiger partial charge < -0.3 is 9.80 Å². The molecule has 1 aromatic heterocycles. The van der Waals surface area contributed by atoms with Crippen molar-refractivity contribution < 1.29 is 13.6 Å². The van der Waals surface area contributed by atoms with E-state index in [9.17, 15) is 18.4 Å². The molecule has 6 nitrogen and oxygen atoms in total. The molecule has 2 amide bonds. The van der Waals surface area contributed by atoms with E-state index in [1.54, 1.807) is 17.0 Å². The highest BCUT2D eigenvalue weighted by Gasteiger charge is 2.49. The Hall–Kier alpha value is -3.81. The number of likely N-dealkylation sites (tertiary alicyclic amines) is 2. The standard InChI is InChI=1S/C34H38F2N4O2/c1-23-10-15-39(31(16-23)26-17-27(35)19-28(36)18-26)33(42)38-14-11-29(34(21-38)12-6-7-13-34)24(2)40-22-37-30(20-32(40)41)25-8-4-3-5-9-25/h3-5,8-9,17-20,22-23,29,31H,2,6-7,10-16,21H2,1H3/t23-,29+,31+/m1/s1. The SMILES string of the molecule is C=C([C@@H]1CCN(C(=O)N2CC[C@@H](C)C[C@H]2c2cc(F)cc(F)c2)CC12CCCC2)n1cnc(-c2ccccc2)cc1=O. The smallest absolute Gasteiger partial charge is 0.320 e. The van der Waals surface area contributed by atoms with Gasteiger partial charge in [0.05, 0.1) is 11.7 Å². The lowest BCUT2D eigenvalue weighted by Crippen LogP contribution is -2.55. The number of carbonyl (C=O) groups is 1. The summed E-state index contributed by atoms with van der Waals surface area (Å²) in [5, 5.41) is 0. The Morgan fingerprint density at radius 2 is 1.71 bits per heavy atom. The molecule has 8 heteroatoms. The van der Waals surface area contributed by atoms with Crippen LogP contribution in [-0.4, -0.2) is 45.0 Å². The molecule has 3 aromatic rings. The van der Waals surface area contributed by atoms with E-state index in [-0.39, 0.29) is 29.0 Å². The number of urea groups is 1. The van der Waals surface area contributed by atoms with E-state index in [0.717, 1.165) is 49.4 Å². The van der Waals surface area contributed by atoms with Gasteiger partial charge in [-0.3, -0.25) is 9.36 Å². The van der Waals surface area contributed by atoms with Crippen LogP contribution in [0.5, 0.6) is 0 Å². The van der Waals surface area contributed by atoms with Crippen LogP contribution in [0.1, 0.15) is 63.5 Å². The second-order valence-corrected chi connectivity index (χ2v) is 12.5. The molecule has 3 atom stereocenters. The fourth-order valence-electron chi connectivity index (χ4n) is 7.62. The molecule has 2 saturated heterocycles.